The smallest absolute Gasteiger partial charge is 0.390 e. The fraction of sp³-hybridized carbons (Fsp3) is 0.200. The summed E-state index contributed by atoms with van der Waals surface area (Å²) >= 11 is 0. The van der Waals surface area contributed by atoms with Crippen LogP contribution in [0.1, 0.15) is 0 Å². The lowest BCUT2D eigenvalue weighted by atomic mass is 10.7. The third-order valence-corrected chi connectivity index (χ3v) is 1.10. The predicted octanol–water partition coefficient (Wildman–Crippen LogP) is 0.315. The molecule has 0 amide bonds. The molecule has 1 aromatic rings. The highest BCUT2D eigenvalue weighted by molar-refractivity contribution is 5.07. The molecule has 0 unspecified atom stereocenters. The topological polar surface area (TPSA) is 84.8 Å². The van der Waals surface area contributed by atoms with Crippen LogP contribution in [0.5, 0.6) is 0 Å². The predicted molar refractivity (Wildman–Crippen MR) is 34.5 cm³/mol. The summed E-state index contributed by atoms with van der Waals surface area (Å²) in [6.07, 6.45) is 2.68. The number of nitro groups is 1. The van der Waals surface area contributed by atoms with E-state index < -0.39 is 4.92 Å². The van der Waals surface area contributed by atoms with Crippen molar-refractivity contribution in [2.75, 3.05) is 0 Å². The van der Waals surface area contributed by atoms with E-state index in [0.29, 0.717) is 0 Å². The molecule has 6 heteroatoms. The summed E-state index contributed by atoms with van der Waals surface area (Å²) in [5.41, 5.74) is 0. The molecule has 6 nitrogen and oxygen atoms in total. The van der Waals surface area contributed by atoms with Gasteiger partial charge in [-0.3, -0.25) is 0 Å². The van der Waals surface area contributed by atoms with Crippen LogP contribution in [0, 0.1) is 21.4 Å². The summed E-state index contributed by atoms with van der Waals surface area (Å²) in [6.45, 7) is -0.0453. The van der Waals surface area contributed by atoms with Crippen LogP contribution in [0.2, 0.25) is 0 Å². The van der Waals surface area contributed by atoms with Gasteiger partial charge in [-0.2, -0.15) is 5.26 Å². The molecule has 0 bridgehead atoms. The maximum absolute atomic E-state index is 10.2. The van der Waals surface area contributed by atoms with Crippen LogP contribution in [0.15, 0.2) is 12.4 Å². The normalized spacial score (nSPS) is 9.00. The minimum absolute atomic E-state index is 0.0453. The molecule has 0 fully saturated rings. The molecule has 0 aliphatic carbocycles. The number of hydrogen-bond donors (Lipinski definition) is 0. The molecular formula is C5H4N4O2. The quantitative estimate of drug-likeness (QED) is 0.451. The molecule has 1 aromatic heterocycles. The van der Waals surface area contributed by atoms with Crippen LogP contribution in [0.25, 0.3) is 0 Å². The van der Waals surface area contributed by atoms with Crippen molar-refractivity contribution in [2.24, 2.45) is 0 Å². The highest BCUT2D eigenvalue weighted by atomic mass is 16.6. The first kappa shape index (κ1) is 7.21. The van der Waals surface area contributed by atoms with Crippen LogP contribution in [0.3, 0.4) is 0 Å². The van der Waals surface area contributed by atoms with E-state index in [9.17, 15) is 10.1 Å². The van der Waals surface area contributed by atoms with E-state index in [0.717, 1.165) is 0 Å². The van der Waals surface area contributed by atoms with Gasteiger partial charge in [-0.05, 0) is 4.92 Å². The zero-order valence-corrected chi connectivity index (χ0v) is 5.47. The van der Waals surface area contributed by atoms with Crippen molar-refractivity contribution < 1.29 is 4.92 Å². The van der Waals surface area contributed by atoms with Gasteiger partial charge in [0, 0.05) is 0 Å². The van der Waals surface area contributed by atoms with Gasteiger partial charge in [0.25, 0.3) is 0 Å². The van der Waals surface area contributed by atoms with E-state index in [2.05, 4.69) is 4.98 Å². The van der Waals surface area contributed by atoms with Crippen molar-refractivity contribution in [2.45, 2.75) is 6.54 Å². The fourth-order valence-electron chi connectivity index (χ4n) is 0.673. The molecular weight excluding hydrogens is 148 g/mol. The molecule has 0 atom stereocenters. The Hall–Kier alpha value is -1.90. The van der Waals surface area contributed by atoms with E-state index in [1.54, 1.807) is 6.07 Å². The molecule has 0 saturated heterocycles. The summed E-state index contributed by atoms with van der Waals surface area (Å²) in [5, 5.41) is 18.4. The number of nitriles is 1. The molecule has 56 valence electrons. The fourth-order valence-corrected chi connectivity index (χ4v) is 0.673. The number of aromatic nitrogens is 2. The Morgan fingerprint density at radius 2 is 2.64 bits per heavy atom. The van der Waals surface area contributed by atoms with Crippen LogP contribution in [-0.4, -0.2) is 14.5 Å². The van der Waals surface area contributed by atoms with Gasteiger partial charge < -0.3 is 10.1 Å². The standard InChI is InChI=1S/C5H4N4O2/c6-1-3-8-4-2-7-5(8)9(10)11/h2,4H,3H2. The Bertz CT molecular complexity index is 311. The van der Waals surface area contributed by atoms with Gasteiger partial charge in [0.05, 0.1) is 0 Å². The number of imidazole rings is 1. The van der Waals surface area contributed by atoms with Crippen molar-refractivity contribution in [3.63, 3.8) is 0 Å². The van der Waals surface area contributed by atoms with E-state index in [1.165, 1.54) is 17.0 Å². The summed E-state index contributed by atoms with van der Waals surface area (Å²) in [6, 6.07) is 1.78. The maximum atomic E-state index is 10.2. The molecule has 0 saturated carbocycles. The second-order valence-corrected chi connectivity index (χ2v) is 1.77. The number of nitrogens with zero attached hydrogens (tertiary/aromatic N) is 4. The van der Waals surface area contributed by atoms with Gasteiger partial charge in [-0.15, -0.1) is 0 Å². The Kier molecular flexibility index (Phi) is 1.83. The van der Waals surface area contributed by atoms with Crippen molar-refractivity contribution in [1.82, 2.24) is 9.55 Å². The largest absolute Gasteiger partial charge is 0.435 e. The van der Waals surface area contributed by atoms with Crippen LogP contribution >= 0.6 is 0 Å². The van der Waals surface area contributed by atoms with E-state index >= 15 is 0 Å². The number of hydrogen-bond acceptors (Lipinski definition) is 4. The zero-order valence-electron chi connectivity index (χ0n) is 5.47. The summed E-state index contributed by atoms with van der Waals surface area (Å²) in [5.74, 6) is -0.299. The Morgan fingerprint density at radius 3 is 3.18 bits per heavy atom. The lowest BCUT2D eigenvalue weighted by Gasteiger charge is -1.93. The highest BCUT2D eigenvalue weighted by Gasteiger charge is 2.12. The molecule has 11 heavy (non-hydrogen) atoms. The third-order valence-electron chi connectivity index (χ3n) is 1.10. The number of rotatable bonds is 2. The van der Waals surface area contributed by atoms with E-state index in [1.807, 2.05) is 0 Å². The maximum Gasteiger partial charge on any atom is 0.435 e. The van der Waals surface area contributed by atoms with Crippen LogP contribution in [0.4, 0.5) is 5.95 Å². The Balaban J connectivity index is 2.98. The second-order valence-electron chi connectivity index (χ2n) is 1.77. The Morgan fingerprint density at radius 1 is 1.91 bits per heavy atom. The first-order valence-electron chi connectivity index (χ1n) is 2.78. The third kappa shape index (κ3) is 1.32. The van der Waals surface area contributed by atoms with E-state index in [-0.39, 0.29) is 12.5 Å². The molecule has 0 radical (unpaired) electrons. The summed E-state index contributed by atoms with van der Waals surface area (Å²) < 4.78 is 1.17. The van der Waals surface area contributed by atoms with Gasteiger partial charge in [0.15, 0.2) is 6.54 Å². The second kappa shape index (κ2) is 2.79. The molecule has 0 N–H and O–H groups in total. The SMILES string of the molecule is N#CCn1ccnc1[N+](=O)[O-]. The Labute approximate surface area is 61.8 Å². The zero-order chi connectivity index (χ0) is 8.27. The van der Waals surface area contributed by atoms with Gasteiger partial charge in [-0.1, -0.05) is 4.98 Å². The van der Waals surface area contributed by atoms with Crippen molar-refractivity contribution >= 4 is 5.95 Å². The average molecular weight is 152 g/mol. The monoisotopic (exact) mass is 152 g/mol. The molecule has 1 heterocycles. The highest BCUT2D eigenvalue weighted by Crippen LogP contribution is 2.05. The summed E-state index contributed by atoms with van der Waals surface area (Å²) in [4.78, 5) is 13.0. The van der Waals surface area contributed by atoms with Crippen molar-refractivity contribution in [1.29, 1.82) is 5.26 Å². The molecule has 0 aliphatic rings. The molecule has 0 spiro atoms. The van der Waals surface area contributed by atoms with Gasteiger partial charge in [-0.25, -0.2) is 4.57 Å². The first-order chi connectivity index (χ1) is 5.25. The van der Waals surface area contributed by atoms with E-state index in [4.69, 9.17) is 5.26 Å². The minimum atomic E-state index is -0.628. The molecule has 0 aliphatic heterocycles. The minimum Gasteiger partial charge on any atom is -0.390 e. The van der Waals surface area contributed by atoms with Crippen molar-refractivity contribution in [3.8, 4) is 6.07 Å². The lowest BCUT2D eigenvalue weighted by molar-refractivity contribution is -0.396. The van der Waals surface area contributed by atoms with Crippen molar-refractivity contribution in [3.05, 3.63) is 22.5 Å². The molecule has 0 aromatic carbocycles. The van der Waals surface area contributed by atoms with Gasteiger partial charge in [0.2, 0.25) is 0 Å². The summed E-state index contributed by atoms with van der Waals surface area (Å²) in [7, 11) is 0. The average Bonchev–Trinajstić information content (AvgIpc) is 2.36. The lowest BCUT2D eigenvalue weighted by Crippen LogP contribution is -2.01. The van der Waals surface area contributed by atoms with Gasteiger partial charge in [0.1, 0.15) is 18.5 Å². The van der Waals surface area contributed by atoms with Crippen LogP contribution < -0.4 is 0 Å². The van der Waals surface area contributed by atoms with Gasteiger partial charge >= 0.3 is 5.95 Å². The molecule has 1 rings (SSSR count). The first-order valence-corrected chi connectivity index (χ1v) is 2.78. The van der Waals surface area contributed by atoms with Crippen LogP contribution in [-0.2, 0) is 6.54 Å².